The molecule has 8 nitrogen and oxygen atoms in total. The number of hydrogen-bond acceptors (Lipinski definition) is 8. The van der Waals surface area contributed by atoms with Crippen molar-refractivity contribution >= 4 is 0 Å². The van der Waals surface area contributed by atoms with Crippen molar-refractivity contribution < 1.29 is 39.7 Å². The average Bonchev–Trinajstić information content (AvgIpc) is 2.56. The highest BCUT2D eigenvalue weighted by molar-refractivity contribution is 4.89. The minimum absolute atomic E-state index is 0.123. The van der Waals surface area contributed by atoms with Crippen LogP contribution in [0, 0.1) is 0 Å². The summed E-state index contributed by atoms with van der Waals surface area (Å²) in [4.78, 5) is 0. The van der Waals surface area contributed by atoms with E-state index in [-0.39, 0.29) is 13.2 Å². The second-order valence-corrected chi connectivity index (χ2v) is 5.77. The summed E-state index contributed by atoms with van der Waals surface area (Å²) in [6, 6.07) is 0. The van der Waals surface area contributed by atoms with Gasteiger partial charge in [-0.05, 0) is 6.42 Å². The lowest BCUT2D eigenvalue weighted by molar-refractivity contribution is -0.315. The molecule has 0 unspecified atom stereocenters. The molecule has 5 N–H and O–H groups in total. The van der Waals surface area contributed by atoms with E-state index in [1.54, 1.807) is 0 Å². The molecular weight excluding hydrogens is 308 g/mol. The van der Waals surface area contributed by atoms with E-state index in [0.717, 1.165) is 25.7 Å². The summed E-state index contributed by atoms with van der Waals surface area (Å²) in [5.74, 6) is 0. The molecule has 0 aromatic carbocycles. The molecule has 23 heavy (non-hydrogen) atoms. The molecule has 0 bridgehead atoms. The van der Waals surface area contributed by atoms with Gasteiger partial charge in [-0.25, -0.2) is 0 Å². The molecule has 6 atom stereocenters. The predicted octanol–water partition coefficient (Wildman–Crippen LogP) is -1.24. The van der Waals surface area contributed by atoms with Gasteiger partial charge in [-0.3, -0.25) is 0 Å². The van der Waals surface area contributed by atoms with E-state index in [1.165, 1.54) is 0 Å². The minimum atomic E-state index is -1.50. The molecule has 1 heterocycles. The molecule has 0 saturated carbocycles. The first-order valence-electron chi connectivity index (χ1n) is 8.19. The number of aliphatic hydroxyl groups is 5. The maximum atomic E-state index is 9.87. The first-order chi connectivity index (χ1) is 11.0. The number of aliphatic hydroxyl groups excluding tert-OH is 5. The van der Waals surface area contributed by atoms with Gasteiger partial charge in [0.05, 0.1) is 19.8 Å². The summed E-state index contributed by atoms with van der Waals surface area (Å²) in [6.45, 7) is 1.93. The zero-order valence-electron chi connectivity index (χ0n) is 13.6. The maximum Gasteiger partial charge on any atom is 0.187 e. The van der Waals surface area contributed by atoms with Crippen molar-refractivity contribution in [1.29, 1.82) is 0 Å². The second-order valence-electron chi connectivity index (χ2n) is 5.77. The SMILES string of the molecule is CCCCCCOC[C@H](CO)O[C@@H]1O[C@H](CO)[C@@H](O)[C@H](O)[C@H]1O. The number of rotatable bonds is 11. The van der Waals surface area contributed by atoms with E-state index in [2.05, 4.69) is 6.92 Å². The molecular formula is C15H30O8. The van der Waals surface area contributed by atoms with Crippen LogP contribution < -0.4 is 0 Å². The summed E-state index contributed by atoms with van der Waals surface area (Å²) in [7, 11) is 0. The Balaban J connectivity index is 2.38. The van der Waals surface area contributed by atoms with Gasteiger partial charge in [0.1, 0.15) is 30.5 Å². The van der Waals surface area contributed by atoms with E-state index in [9.17, 15) is 20.4 Å². The van der Waals surface area contributed by atoms with Crippen LogP contribution in [0.2, 0.25) is 0 Å². The van der Waals surface area contributed by atoms with Crippen LogP contribution in [0.25, 0.3) is 0 Å². The van der Waals surface area contributed by atoms with E-state index in [1.807, 2.05) is 0 Å². The summed E-state index contributed by atoms with van der Waals surface area (Å²) in [5, 5.41) is 47.7. The van der Waals surface area contributed by atoms with E-state index in [4.69, 9.17) is 19.3 Å². The second kappa shape index (κ2) is 11.3. The Morgan fingerprint density at radius 2 is 1.74 bits per heavy atom. The molecule has 0 aromatic heterocycles. The molecule has 1 rings (SSSR count). The average molecular weight is 338 g/mol. The first kappa shape index (κ1) is 20.7. The van der Waals surface area contributed by atoms with Crippen LogP contribution in [0.1, 0.15) is 32.6 Å². The van der Waals surface area contributed by atoms with Gasteiger partial charge < -0.3 is 39.7 Å². The van der Waals surface area contributed by atoms with Crippen molar-refractivity contribution in [3.63, 3.8) is 0 Å². The summed E-state index contributed by atoms with van der Waals surface area (Å²) < 4.78 is 16.1. The van der Waals surface area contributed by atoms with Gasteiger partial charge >= 0.3 is 0 Å². The molecule has 1 saturated heterocycles. The van der Waals surface area contributed by atoms with Crippen LogP contribution in [0.3, 0.4) is 0 Å². The Kier molecular flexibility index (Phi) is 10.2. The van der Waals surface area contributed by atoms with Crippen LogP contribution in [0.4, 0.5) is 0 Å². The number of unbranched alkanes of at least 4 members (excludes halogenated alkanes) is 3. The quantitative estimate of drug-likeness (QED) is 0.296. The zero-order chi connectivity index (χ0) is 17.2. The molecule has 0 spiro atoms. The zero-order valence-corrected chi connectivity index (χ0v) is 13.6. The number of ether oxygens (including phenoxy) is 3. The maximum absolute atomic E-state index is 9.87. The van der Waals surface area contributed by atoms with Gasteiger partial charge in [-0.2, -0.15) is 0 Å². The minimum Gasteiger partial charge on any atom is -0.394 e. The van der Waals surface area contributed by atoms with E-state index >= 15 is 0 Å². The largest absolute Gasteiger partial charge is 0.394 e. The Morgan fingerprint density at radius 1 is 1.00 bits per heavy atom. The lowest BCUT2D eigenvalue weighted by Crippen LogP contribution is -2.60. The van der Waals surface area contributed by atoms with Crippen LogP contribution in [-0.4, -0.2) is 88.8 Å². The van der Waals surface area contributed by atoms with Crippen molar-refractivity contribution in [2.75, 3.05) is 26.4 Å². The van der Waals surface area contributed by atoms with Gasteiger partial charge in [-0.15, -0.1) is 0 Å². The Morgan fingerprint density at radius 3 is 2.35 bits per heavy atom. The molecule has 8 heteroatoms. The smallest absolute Gasteiger partial charge is 0.187 e. The van der Waals surface area contributed by atoms with Gasteiger partial charge in [0.15, 0.2) is 6.29 Å². The molecule has 1 aliphatic rings. The molecule has 1 fully saturated rings. The fraction of sp³-hybridized carbons (Fsp3) is 1.00. The Labute approximate surface area is 136 Å². The fourth-order valence-corrected chi connectivity index (χ4v) is 2.35. The summed E-state index contributed by atoms with van der Waals surface area (Å²) in [6.07, 6.45) is -3.15. The predicted molar refractivity (Wildman–Crippen MR) is 80.7 cm³/mol. The van der Waals surface area contributed by atoms with Crippen LogP contribution in [-0.2, 0) is 14.2 Å². The Hall–Kier alpha value is -0.320. The van der Waals surface area contributed by atoms with E-state index in [0.29, 0.717) is 6.61 Å². The molecule has 0 radical (unpaired) electrons. The molecule has 138 valence electrons. The lowest BCUT2D eigenvalue weighted by Gasteiger charge is -2.40. The third-order valence-corrected chi connectivity index (χ3v) is 3.82. The third kappa shape index (κ3) is 6.60. The lowest BCUT2D eigenvalue weighted by atomic mass is 9.99. The normalized spacial score (nSPS) is 32.9. The summed E-state index contributed by atoms with van der Waals surface area (Å²) in [5.41, 5.74) is 0. The van der Waals surface area contributed by atoms with Crippen LogP contribution in [0.15, 0.2) is 0 Å². The highest BCUT2D eigenvalue weighted by Crippen LogP contribution is 2.22. The molecule has 0 amide bonds. The fourth-order valence-electron chi connectivity index (χ4n) is 2.35. The number of hydrogen-bond donors (Lipinski definition) is 5. The van der Waals surface area contributed by atoms with Gasteiger partial charge in [0.25, 0.3) is 0 Å². The monoisotopic (exact) mass is 338 g/mol. The molecule has 0 aromatic rings. The first-order valence-corrected chi connectivity index (χ1v) is 8.19. The summed E-state index contributed by atoms with van der Waals surface area (Å²) >= 11 is 0. The van der Waals surface area contributed by atoms with Crippen molar-refractivity contribution in [2.24, 2.45) is 0 Å². The highest BCUT2D eigenvalue weighted by atomic mass is 16.7. The topological polar surface area (TPSA) is 129 Å². The van der Waals surface area contributed by atoms with Crippen molar-refractivity contribution in [1.82, 2.24) is 0 Å². The Bertz CT molecular complexity index is 301. The van der Waals surface area contributed by atoms with Gasteiger partial charge in [0, 0.05) is 6.61 Å². The van der Waals surface area contributed by atoms with Crippen molar-refractivity contribution in [3.8, 4) is 0 Å². The van der Waals surface area contributed by atoms with Crippen molar-refractivity contribution in [2.45, 2.75) is 69.4 Å². The molecule has 0 aliphatic carbocycles. The highest BCUT2D eigenvalue weighted by Gasteiger charge is 2.44. The van der Waals surface area contributed by atoms with E-state index < -0.39 is 43.4 Å². The van der Waals surface area contributed by atoms with Crippen molar-refractivity contribution in [3.05, 3.63) is 0 Å². The third-order valence-electron chi connectivity index (χ3n) is 3.82. The molecule has 1 aliphatic heterocycles. The van der Waals surface area contributed by atoms with Crippen LogP contribution >= 0.6 is 0 Å². The van der Waals surface area contributed by atoms with Gasteiger partial charge in [-0.1, -0.05) is 26.2 Å². The van der Waals surface area contributed by atoms with Gasteiger partial charge in [0.2, 0.25) is 0 Å². The van der Waals surface area contributed by atoms with Crippen LogP contribution in [0.5, 0.6) is 0 Å². The standard InChI is InChI=1S/C15H30O8/c1-2-3-4-5-6-21-9-10(7-16)22-15-14(20)13(19)12(18)11(8-17)23-15/h10-20H,2-9H2,1H3/t10-,11+,12+,13-,14+,15+/m0/s1.